The van der Waals surface area contributed by atoms with Crippen LogP contribution in [0.15, 0.2) is 48.5 Å². The van der Waals surface area contributed by atoms with Crippen LogP contribution >= 0.6 is 8.53 Å². The van der Waals surface area contributed by atoms with E-state index in [1.165, 1.54) is 24.3 Å². The Hall–Kier alpha value is -3.78. The molecular weight excluding hydrogens is 563 g/mol. The third kappa shape index (κ3) is 11.6. The smallest absolute Gasteiger partial charge is 0.408 e. The van der Waals surface area contributed by atoms with Gasteiger partial charge in [-0.2, -0.15) is 5.26 Å². The minimum absolute atomic E-state index is 0.0723. The summed E-state index contributed by atoms with van der Waals surface area (Å²) in [5, 5.41) is 22.4. The molecule has 0 bridgehead atoms. The third-order valence-electron chi connectivity index (χ3n) is 5.45. The maximum atomic E-state index is 13.1. The molecule has 0 fully saturated rings. The highest BCUT2D eigenvalue weighted by molar-refractivity contribution is 7.45. The molecule has 0 radical (unpaired) electrons. The summed E-state index contributed by atoms with van der Waals surface area (Å²) in [4.78, 5) is 36.0. The summed E-state index contributed by atoms with van der Waals surface area (Å²) in [6, 6.07) is 13.3. The summed E-state index contributed by atoms with van der Waals surface area (Å²) in [7, 11) is -1.50. The van der Waals surface area contributed by atoms with Gasteiger partial charge in [0, 0.05) is 30.6 Å². The van der Waals surface area contributed by atoms with Crippen molar-refractivity contribution in [3.05, 3.63) is 64.2 Å². The van der Waals surface area contributed by atoms with Gasteiger partial charge in [0.25, 0.3) is 5.69 Å². The highest BCUT2D eigenvalue weighted by Crippen LogP contribution is 2.46. The van der Waals surface area contributed by atoms with Crippen molar-refractivity contribution in [3.63, 3.8) is 0 Å². The van der Waals surface area contributed by atoms with E-state index in [0.29, 0.717) is 11.3 Å². The fourth-order valence-electron chi connectivity index (χ4n) is 3.76. The number of nitrogens with zero attached hydrogens (tertiary/aromatic N) is 3. The summed E-state index contributed by atoms with van der Waals surface area (Å²) in [6.45, 7) is 13.5. The van der Waals surface area contributed by atoms with Crippen LogP contribution in [-0.4, -0.2) is 52.0 Å². The van der Waals surface area contributed by atoms with E-state index in [2.05, 4.69) is 16.1 Å². The summed E-state index contributed by atoms with van der Waals surface area (Å²) in [5.74, 6) is -0.137. The maximum Gasteiger partial charge on any atom is 0.408 e. The molecule has 0 heterocycles. The van der Waals surface area contributed by atoms with Gasteiger partial charge in [0.15, 0.2) is 0 Å². The molecule has 13 heteroatoms. The van der Waals surface area contributed by atoms with Crippen LogP contribution in [0.3, 0.4) is 0 Å². The zero-order valence-electron chi connectivity index (χ0n) is 25.0. The lowest BCUT2D eigenvalue weighted by Gasteiger charge is -2.35. The Morgan fingerprint density at radius 1 is 1.02 bits per heavy atom. The summed E-state index contributed by atoms with van der Waals surface area (Å²) < 4.78 is 25.0. The molecule has 0 aromatic heterocycles. The minimum atomic E-state index is -1.50. The Morgan fingerprint density at radius 3 is 2.10 bits per heavy atom. The average molecular weight is 603 g/mol. The molecule has 2 atom stereocenters. The van der Waals surface area contributed by atoms with Crippen molar-refractivity contribution >= 4 is 26.3 Å². The second kappa shape index (κ2) is 16.0. The topological polar surface area (TPSA) is 153 Å². The van der Waals surface area contributed by atoms with Crippen LogP contribution in [0.25, 0.3) is 0 Å². The summed E-state index contributed by atoms with van der Waals surface area (Å²) in [6.07, 6.45) is -0.480. The lowest BCUT2D eigenvalue weighted by Crippen LogP contribution is -2.46. The van der Waals surface area contributed by atoms with Gasteiger partial charge >= 0.3 is 20.6 Å². The number of nitro benzene ring substituents is 1. The molecule has 228 valence electrons. The fraction of sp³-hybridized carbons (Fsp3) is 0.483. The third-order valence-corrected chi connectivity index (χ3v) is 7.52. The number of nitro groups is 1. The number of esters is 1. The quantitative estimate of drug-likeness (QED) is 0.0651. The first-order valence-corrected chi connectivity index (χ1v) is 14.6. The van der Waals surface area contributed by atoms with Crippen LogP contribution in [0.5, 0.6) is 11.5 Å². The van der Waals surface area contributed by atoms with Crippen molar-refractivity contribution in [2.24, 2.45) is 0 Å². The number of carbonyl (C=O) groups is 2. The number of nitrogens with one attached hydrogen (secondary N) is 1. The molecule has 2 aromatic carbocycles. The SMILES string of the molecule is CC(C)N(C(C)C)P(OCCC#N)Oc1ccc(C[C@H](NC(=O)OC(C)(C)C)C(=O)Oc2ccc([N+](=O)[O-])cc2)cc1. The van der Waals surface area contributed by atoms with Crippen LogP contribution in [0, 0.1) is 21.4 Å². The van der Waals surface area contributed by atoms with Gasteiger partial charge in [-0.1, -0.05) is 12.1 Å². The van der Waals surface area contributed by atoms with Gasteiger partial charge in [0.2, 0.25) is 0 Å². The van der Waals surface area contributed by atoms with E-state index < -0.39 is 37.2 Å². The number of ether oxygens (including phenoxy) is 2. The van der Waals surface area contributed by atoms with Gasteiger partial charge in [0.05, 0.1) is 24.0 Å². The predicted molar refractivity (Wildman–Crippen MR) is 158 cm³/mol. The molecule has 1 N–H and O–H groups in total. The molecule has 1 amide bonds. The number of amides is 1. The molecule has 0 aliphatic carbocycles. The van der Waals surface area contributed by atoms with Gasteiger partial charge in [-0.25, -0.2) is 14.3 Å². The minimum Gasteiger partial charge on any atom is -0.444 e. The second-order valence-corrected chi connectivity index (χ2v) is 12.2. The van der Waals surface area contributed by atoms with Crippen molar-refractivity contribution in [1.82, 2.24) is 9.99 Å². The molecule has 0 aliphatic rings. The first kappa shape index (κ1) is 34.4. The lowest BCUT2D eigenvalue weighted by atomic mass is 10.1. The number of rotatable bonds is 14. The Balaban J connectivity index is 2.22. The van der Waals surface area contributed by atoms with Crippen molar-refractivity contribution in [1.29, 1.82) is 5.26 Å². The molecule has 12 nitrogen and oxygen atoms in total. The zero-order chi connectivity index (χ0) is 31.4. The average Bonchev–Trinajstić information content (AvgIpc) is 2.88. The van der Waals surface area contributed by atoms with E-state index in [1.54, 1.807) is 45.0 Å². The number of carbonyl (C=O) groups excluding carboxylic acids is 2. The number of non-ortho nitro benzene ring substituents is 1. The Kier molecular flexibility index (Phi) is 13.1. The van der Waals surface area contributed by atoms with Gasteiger partial charge in [-0.3, -0.25) is 10.1 Å². The fourth-order valence-corrected chi connectivity index (χ4v) is 5.35. The molecule has 0 saturated carbocycles. The van der Waals surface area contributed by atoms with Crippen molar-refractivity contribution in [2.75, 3.05) is 6.61 Å². The molecule has 0 saturated heterocycles. The normalized spacial score (nSPS) is 12.9. The Bertz CT molecular complexity index is 1220. The van der Waals surface area contributed by atoms with Gasteiger partial charge in [0.1, 0.15) is 23.1 Å². The first-order valence-electron chi connectivity index (χ1n) is 13.5. The Labute approximate surface area is 248 Å². The number of nitriles is 1. The lowest BCUT2D eigenvalue weighted by molar-refractivity contribution is -0.384. The standard InChI is InChI=1S/C29H39N4O8P/c1-20(2)32(21(3)4)42(38-18-8-17-30)41-25-13-9-22(10-14-25)19-26(31-28(35)40-29(5,6)7)27(34)39-24-15-11-23(12-16-24)33(36)37/h9-16,20-21,26H,8,18-19H2,1-7H3,(H,31,35)/t26-,42?/m0/s1. The van der Waals surface area contributed by atoms with E-state index in [0.717, 1.165) is 0 Å². The van der Waals surface area contributed by atoms with Crippen LogP contribution in [0.1, 0.15) is 60.5 Å². The van der Waals surface area contributed by atoms with E-state index in [1.807, 2.05) is 27.7 Å². The van der Waals surface area contributed by atoms with E-state index in [9.17, 15) is 19.7 Å². The van der Waals surface area contributed by atoms with Crippen molar-refractivity contribution in [3.8, 4) is 17.6 Å². The zero-order valence-corrected chi connectivity index (χ0v) is 25.9. The Morgan fingerprint density at radius 2 is 1.60 bits per heavy atom. The van der Waals surface area contributed by atoms with E-state index in [-0.39, 0.29) is 43.0 Å². The highest BCUT2D eigenvalue weighted by Gasteiger charge is 2.29. The molecule has 42 heavy (non-hydrogen) atoms. The highest BCUT2D eigenvalue weighted by atomic mass is 31.2. The summed E-state index contributed by atoms with van der Waals surface area (Å²) in [5.41, 5.74) is -0.239. The number of benzene rings is 2. The molecule has 2 aromatic rings. The largest absolute Gasteiger partial charge is 0.444 e. The van der Waals surface area contributed by atoms with Crippen LogP contribution in [-0.2, 0) is 20.5 Å². The van der Waals surface area contributed by atoms with E-state index in [4.69, 9.17) is 23.8 Å². The van der Waals surface area contributed by atoms with Crippen LogP contribution in [0.4, 0.5) is 10.5 Å². The predicted octanol–water partition coefficient (Wildman–Crippen LogP) is 6.29. The second-order valence-electron chi connectivity index (χ2n) is 10.9. The first-order chi connectivity index (χ1) is 19.7. The number of alkyl carbamates (subject to hydrolysis) is 1. The molecule has 0 aliphatic heterocycles. The number of hydrogen-bond donors (Lipinski definition) is 1. The molecular formula is C29H39N4O8P. The summed E-state index contributed by atoms with van der Waals surface area (Å²) >= 11 is 0. The maximum absolute atomic E-state index is 13.1. The van der Waals surface area contributed by atoms with Gasteiger partial charge < -0.3 is 23.8 Å². The van der Waals surface area contributed by atoms with Crippen molar-refractivity contribution in [2.45, 2.75) is 85.0 Å². The van der Waals surface area contributed by atoms with Crippen molar-refractivity contribution < 1.29 is 33.0 Å². The molecule has 2 rings (SSSR count). The molecule has 1 unspecified atom stereocenters. The van der Waals surface area contributed by atoms with Gasteiger partial charge in [-0.15, -0.1) is 0 Å². The number of hydrogen-bond acceptors (Lipinski definition) is 10. The van der Waals surface area contributed by atoms with Crippen LogP contribution < -0.4 is 14.6 Å². The molecule has 0 spiro atoms. The monoisotopic (exact) mass is 602 g/mol. The van der Waals surface area contributed by atoms with Gasteiger partial charge in [-0.05, 0) is 78.3 Å². The van der Waals surface area contributed by atoms with Crippen LogP contribution in [0.2, 0.25) is 0 Å². The van der Waals surface area contributed by atoms with E-state index >= 15 is 0 Å².